The van der Waals surface area contributed by atoms with E-state index in [1.165, 1.54) is 4.90 Å². The summed E-state index contributed by atoms with van der Waals surface area (Å²) in [5.41, 5.74) is 1.81. The summed E-state index contributed by atoms with van der Waals surface area (Å²) in [7, 11) is 0. The van der Waals surface area contributed by atoms with E-state index in [9.17, 15) is 9.59 Å². The first-order valence-corrected chi connectivity index (χ1v) is 7.80. The van der Waals surface area contributed by atoms with Gasteiger partial charge in [-0.3, -0.25) is 14.5 Å². The third-order valence-corrected chi connectivity index (χ3v) is 4.28. The van der Waals surface area contributed by atoms with Crippen molar-refractivity contribution >= 4 is 11.8 Å². The average Bonchev–Trinajstić information content (AvgIpc) is 2.99. The Morgan fingerprint density at radius 3 is 2.21 bits per heavy atom. The summed E-state index contributed by atoms with van der Waals surface area (Å²) in [6.07, 6.45) is 0. The molecule has 0 spiro atoms. The van der Waals surface area contributed by atoms with Crippen LogP contribution >= 0.6 is 0 Å². The van der Waals surface area contributed by atoms with Crippen LogP contribution in [0.4, 0.5) is 0 Å². The van der Waals surface area contributed by atoms with Crippen molar-refractivity contribution in [2.75, 3.05) is 6.61 Å². The Morgan fingerprint density at radius 1 is 1.12 bits per heavy atom. The van der Waals surface area contributed by atoms with Crippen molar-refractivity contribution in [1.29, 1.82) is 0 Å². The number of carbonyl (C=O) groups is 2. The number of hydrogen-bond acceptors (Lipinski definition) is 5. The molecule has 1 aromatic heterocycles. The average molecular weight is 328 g/mol. The van der Waals surface area contributed by atoms with Crippen molar-refractivity contribution in [3.63, 3.8) is 0 Å². The van der Waals surface area contributed by atoms with Crippen LogP contribution in [0.25, 0.3) is 0 Å². The van der Waals surface area contributed by atoms with Gasteiger partial charge in [0, 0.05) is 5.56 Å². The van der Waals surface area contributed by atoms with E-state index in [0.717, 1.165) is 11.3 Å². The summed E-state index contributed by atoms with van der Waals surface area (Å²) >= 11 is 0. The molecule has 6 heteroatoms. The Morgan fingerprint density at radius 2 is 1.71 bits per heavy atom. The number of nitrogens with zero attached hydrogens (tertiary/aromatic N) is 2. The van der Waals surface area contributed by atoms with E-state index < -0.39 is 5.54 Å². The molecule has 0 radical (unpaired) electrons. The zero-order chi connectivity index (χ0) is 17.5. The maximum Gasteiger partial charge on any atom is 0.262 e. The number of ether oxygens (including phenoxy) is 1. The predicted molar refractivity (Wildman–Crippen MR) is 86.7 cm³/mol. The van der Waals surface area contributed by atoms with Crippen molar-refractivity contribution in [3.8, 4) is 0 Å². The lowest BCUT2D eigenvalue weighted by Crippen LogP contribution is -2.50. The van der Waals surface area contributed by atoms with Gasteiger partial charge in [-0.25, -0.2) is 0 Å². The number of carbonyl (C=O) groups excluding carboxylic acids is 2. The molecular weight excluding hydrogens is 308 g/mol. The van der Waals surface area contributed by atoms with Gasteiger partial charge in [0.05, 0.1) is 35.6 Å². The molecule has 24 heavy (non-hydrogen) atoms. The zero-order valence-corrected chi connectivity index (χ0v) is 14.3. The number of amides is 2. The van der Waals surface area contributed by atoms with Gasteiger partial charge in [-0.1, -0.05) is 17.3 Å². The molecule has 0 unspecified atom stereocenters. The molecular formula is C18H20N2O4. The lowest BCUT2D eigenvalue weighted by atomic mass is 10.0. The molecule has 126 valence electrons. The number of imide groups is 1. The Hall–Kier alpha value is -2.47. The van der Waals surface area contributed by atoms with E-state index in [1.807, 2.05) is 27.7 Å². The Kier molecular flexibility index (Phi) is 4.01. The van der Waals surface area contributed by atoms with E-state index in [2.05, 4.69) is 5.16 Å². The highest BCUT2D eigenvalue weighted by molar-refractivity contribution is 6.21. The second-order valence-electron chi connectivity index (χ2n) is 6.60. The molecule has 1 aliphatic heterocycles. The molecule has 0 saturated carbocycles. The molecule has 6 nitrogen and oxygen atoms in total. The van der Waals surface area contributed by atoms with Crippen LogP contribution in [-0.4, -0.2) is 34.0 Å². The molecule has 2 amide bonds. The highest BCUT2D eigenvalue weighted by Crippen LogP contribution is 2.29. The molecule has 2 heterocycles. The van der Waals surface area contributed by atoms with Crippen molar-refractivity contribution in [3.05, 3.63) is 52.4 Å². The maximum absolute atomic E-state index is 12.6. The van der Waals surface area contributed by atoms with Crippen LogP contribution in [0.15, 0.2) is 28.8 Å². The molecule has 0 saturated heterocycles. The van der Waals surface area contributed by atoms with E-state index in [1.54, 1.807) is 24.3 Å². The first-order chi connectivity index (χ1) is 11.3. The fourth-order valence-electron chi connectivity index (χ4n) is 2.91. The van der Waals surface area contributed by atoms with Gasteiger partial charge in [-0.2, -0.15) is 0 Å². The summed E-state index contributed by atoms with van der Waals surface area (Å²) in [5.74, 6) is 0.161. The number of aryl methyl sites for hydroxylation is 2. The summed E-state index contributed by atoms with van der Waals surface area (Å²) < 4.78 is 10.9. The SMILES string of the molecule is Cc1noc(C)c1COCC(C)(C)N1C(=O)c2ccccc2C1=O. The van der Waals surface area contributed by atoms with Gasteiger partial charge >= 0.3 is 0 Å². The van der Waals surface area contributed by atoms with Crippen molar-refractivity contribution in [1.82, 2.24) is 10.1 Å². The van der Waals surface area contributed by atoms with Crippen LogP contribution < -0.4 is 0 Å². The molecule has 1 aromatic carbocycles. The van der Waals surface area contributed by atoms with Crippen LogP contribution in [0.3, 0.4) is 0 Å². The minimum atomic E-state index is -0.758. The highest BCUT2D eigenvalue weighted by atomic mass is 16.5. The maximum atomic E-state index is 12.6. The number of benzene rings is 1. The van der Waals surface area contributed by atoms with Crippen molar-refractivity contribution in [2.45, 2.75) is 39.8 Å². The quantitative estimate of drug-likeness (QED) is 0.789. The number of aromatic nitrogens is 1. The number of fused-ring (bicyclic) bond motifs is 1. The summed E-state index contributed by atoms with van der Waals surface area (Å²) in [4.78, 5) is 26.4. The Labute approximate surface area is 140 Å². The van der Waals surface area contributed by atoms with Gasteiger partial charge in [-0.05, 0) is 39.8 Å². The highest BCUT2D eigenvalue weighted by Gasteiger charge is 2.44. The smallest absolute Gasteiger partial charge is 0.262 e. The molecule has 0 fully saturated rings. The fourth-order valence-corrected chi connectivity index (χ4v) is 2.91. The summed E-state index contributed by atoms with van der Waals surface area (Å²) in [5, 5.41) is 3.89. The van der Waals surface area contributed by atoms with E-state index in [-0.39, 0.29) is 18.4 Å². The molecule has 2 aromatic rings. The first kappa shape index (κ1) is 16.4. The van der Waals surface area contributed by atoms with Crippen LogP contribution in [0, 0.1) is 13.8 Å². The van der Waals surface area contributed by atoms with Gasteiger partial charge < -0.3 is 9.26 Å². The van der Waals surface area contributed by atoms with E-state index in [4.69, 9.17) is 9.26 Å². The van der Waals surface area contributed by atoms with Crippen LogP contribution in [0.2, 0.25) is 0 Å². The van der Waals surface area contributed by atoms with Crippen LogP contribution in [0.5, 0.6) is 0 Å². The topological polar surface area (TPSA) is 72.6 Å². The number of rotatable bonds is 5. The summed E-state index contributed by atoms with van der Waals surface area (Å²) in [6.45, 7) is 7.87. The number of hydrogen-bond donors (Lipinski definition) is 0. The zero-order valence-electron chi connectivity index (χ0n) is 14.3. The third-order valence-electron chi connectivity index (χ3n) is 4.28. The van der Waals surface area contributed by atoms with Gasteiger partial charge in [0.15, 0.2) is 0 Å². The minimum Gasteiger partial charge on any atom is -0.374 e. The first-order valence-electron chi connectivity index (χ1n) is 7.80. The lowest BCUT2D eigenvalue weighted by molar-refractivity contribution is 0.0115. The van der Waals surface area contributed by atoms with Gasteiger partial charge in [0.1, 0.15) is 5.76 Å². The molecule has 0 bridgehead atoms. The van der Waals surface area contributed by atoms with Gasteiger partial charge in [-0.15, -0.1) is 0 Å². The third kappa shape index (κ3) is 2.63. The second-order valence-corrected chi connectivity index (χ2v) is 6.60. The molecule has 0 atom stereocenters. The summed E-state index contributed by atoms with van der Waals surface area (Å²) in [6, 6.07) is 6.87. The van der Waals surface area contributed by atoms with Crippen molar-refractivity contribution in [2.24, 2.45) is 0 Å². The standard InChI is InChI=1S/C18H20N2O4/c1-11-15(12(2)24-19-11)9-23-10-18(3,4)20-16(21)13-7-5-6-8-14(13)17(20)22/h5-8H,9-10H2,1-4H3. The molecule has 0 N–H and O–H groups in total. The molecule has 1 aliphatic rings. The minimum absolute atomic E-state index is 0.225. The second kappa shape index (κ2) is 5.87. The fraction of sp³-hybridized carbons (Fsp3) is 0.389. The predicted octanol–water partition coefficient (Wildman–Crippen LogP) is 2.88. The van der Waals surface area contributed by atoms with E-state index >= 15 is 0 Å². The Bertz CT molecular complexity index is 753. The van der Waals surface area contributed by atoms with Gasteiger partial charge in [0.25, 0.3) is 11.8 Å². The monoisotopic (exact) mass is 328 g/mol. The molecule has 3 rings (SSSR count). The Balaban J connectivity index is 1.72. The van der Waals surface area contributed by atoms with Crippen molar-refractivity contribution < 1.29 is 18.8 Å². The van der Waals surface area contributed by atoms with Crippen LogP contribution in [0.1, 0.15) is 51.6 Å². The van der Waals surface area contributed by atoms with E-state index in [0.29, 0.717) is 23.5 Å². The lowest BCUT2D eigenvalue weighted by Gasteiger charge is -2.33. The molecule has 0 aliphatic carbocycles. The van der Waals surface area contributed by atoms with Crippen LogP contribution in [-0.2, 0) is 11.3 Å². The van der Waals surface area contributed by atoms with Gasteiger partial charge in [0.2, 0.25) is 0 Å². The normalized spacial score (nSPS) is 14.4. The largest absolute Gasteiger partial charge is 0.374 e.